The maximum atomic E-state index is 4.30. The number of benzene rings is 1. The summed E-state index contributed by atoms with van der Waals surface area (Å²) < 4.78 is 3.76. The van der Waals surface area contributed by atoms with E-state index in [0.717, 1.165) is 12.2 Å². The Hall–Kier alpha value is -2.47. The van der Waals surface area contributed by atoms with E-state index in [1.807, 2.05) is 41.3 Å². The Morgan fingerprint density at radius 1 is 1.14 bits per heavy atom. The number of nitrogens with one attached hydrogen (secondary N) is 1. The quantitative estimate of drug-likeness (QED) is 0.757. The predicted molar refractivity (Wildman–Crippen MR) is 84.6 cm³/mol. The second kappa shape index (κ2) is 6.53. The molecule has 114 valence electrons. The average Bonchev–Trinajstić information content (AvgIpc) is 3.25. The van der Waals surface area contributed by atoms with Gasteiger partial charge in [0.25, 0.3) is 0 Å². The fraction of sp³-hybridized carbons (Fsp3) is 0.312. The third-order valence-electron chi connectivity index (χ3n) is 3.94. The van der Waals surface area contributed by atoms with E-state index in [2.05, 4.69) is 40.4 Å². The van der Waals surface area contributed by atoms with E-state index < -0.39 is 0 Å². The SMILES string of the molecule is CC(NCc1ccccc1-n1cncn1)C(C)n1cccn1. The Balaban J connectivity index is 1.69. The molecular weight excluding hydrogens is 276 g/mol. The first-order valence-electron chi connectivity index (χ1n) is 7.41. The summed E-state index contributed by atoms with van der Waals surface area (Å²) in [7, 11) is 0. The zero-order valence-corrected chi connectivity index (χ0v) is 12.8. The Morgan fingerprint density at radius 3 is 2.73 bits per heavy atom. The van der Waals surface area contributed by atoms with Gasteiger partial charge in [-0.15, -0.1) is 0 Å². The van der Waals surface area contributed by atoms with Crippen molar-refractivity contribution in [1.29, 1.82) is 0 Å². The summed E-state index contributed by atoms with van der Waals surface area (Å²) in [6.45, 7) is 5.10. The summed E-state index contributed by atoms with van der Waals surface area (Å²) in [5.74, 6) is 0. The molecule has 0 fully saturated rings. The van der Waals surface area contributed by atoms with E-state index in [1.54, 1.807) is 17.3 Å². The van der Waals surface area contributed by atoms with Gasteiger partial charge in [0.05, 0.1) is 11.7 Å². The number of aromatic nitrogens is 5. The monoisotopic (exact) mass is 296 g/mol. The third kappa shape index (κ3) is 3.07. The number of hydrogen-bond acceptors (Lipinski definition) is 4. The van der Waals surface area contributed by atoms with Crippen molar-refractivity contribution < 1.29 is 0 Å². The van der Waals surface area contributed by atoms with Crippen LogP contribution in [-0.2, 0) is 6.54 Å². The second-order valence-corrected chi connectivity index (χ2v) is 5.37. The fourth-order valence-electron chi connectivity index (χ4n) is 2.41. The first-order chi connectivity index (χ1) is 10.8. The van der Waals surface area contributed by atoms with Gasteiger partial charge in [0.2, 0.25) is 0 Å². The van der Waals surface area contributed by atoms with Crippen LogP contribution < -0.4 is 5.32 Å². The molecule has 2 unspecified atom stereocenters. The third-order valence-corrected chi connectivity index (χ3v) is 3.94. The Kier molecular flexibility index (Phi) is 4.29. The summed E-state index contributed by atoms with van der Waals surface area (Å²) in [6.07, 6.45) is 7.07. The van der Waals surface area contributed by atoms with Crippen LogP contribution in [0.2, 0.25) is 0 Å². The van der Waals surface area contributed by atoms with Gasteiger partial charge in [0.1, 0.15) is 12.7 Å². The second-order valence-electron chi connectivity index (χ2n) is 5.37. The first-order valence-corrected chi connectivity index (χ1v) is 7.41. The smallest absolute Gasteiger partial charge is 0.138 e. The highest BCUT2D eigenvalue weighted by Gasteiger charge is 2.14. The van der Waals surface area contributed by atoms with Crippen LogP contribution in [-0.4, -0.2) is 30.6 Å². The van der Waals surface area contributed by atoms with Gasteiger partial charge in [0, 0.05) is 25.0 Å². The minimum absolute atomic E-state index is 0.286. The van der Waals surface area contributed by atoms with Crippen LogP contribution >= 0.6 is 0 Å². The topological polar surface area (TPSA) is 60.6 Å². The molecule has 3 aromatic rings. The fourth-order valence-corrected chi connectivity index (χ4v) is 2.41. The van der Waals surface area contributed by atoms with E-state index in [9.17, 15) is 0 Å². The van der Waals surface area contributed by atoms with Crippen LogP contribution in [0.3, 0.4) is 0 Å². The molecule has 2 heterocycles. The van der Waals surface area contributed by atoms with E-state index in [0.29, 0.717) is 6.04 Å². The lowest BCUT2D eigenvalue weighted by molar-refractivity contribution is 0.365. The van der Waals surface area contributed by atoms with Crippen molar-refractivity contribution >= 4 is 0 Å². The number of hydrogen-bond donors (Lipinski definition) is 1. The Bertz CT molecular complexity index is 689. The molecule has 2 atom stereocenters. The van der Waals surface area contributed by atoms with Gasteiger partial charge in [-0.3, -0.25) is 4.68 Å². The minimum atomic E-state index is 0.286. The lowest BCUT2D eigenvalue weighted by Crippen LogP contribution is -2.33. The normalized spacial score (nSPS) is 13.9. The molecule has 0 amide bonds. The van der Waals surface area contributed by atoms with Crippen LogP contribution in [0.4, 0.5) is 0 Å². The first kappa shape index (κ1) is 14.5. The van der Waals surface area contributed by atoms with Crippen LogP contribution in [0.15, 0.2) is 55.4 Å². The largest absolute Gasteiger partial charge is 0.308 e. The zero-order valence-electron chi connectivity index (χ0n) is 12.8. The Labute approximate surface area is 129 Å². The number of para-hydroxylation sites is 1. The number of rotatable bonds is 6. The van der Waals surface area contributed by atoms with Gasteiger partial charge in [-0.25, -0.2) is 9.67 Å². The molecule has 0 aliphatic rings. The molecule has 22 heavy (non-hydrogen) atoms. The van der Waals surface area contributed by atoms with Crippen molar-refractivity contribution in [3.63, 3.8) is 0 Å². The lowest BCUT2D eigenvalue weighted by Gasteiger charge is -2.22. The molecule has 6 nitrogen and oxygen atoms in total. The van der Waals surface area contributed by atoms with Crippen LogP contribution in [0.1, 0.15) is 25.5 Å². The molecule has 0 aliphatic heterocycles. The zero-order chi connectivity index (χ0) is 15.4. The molecule has 0 bridgehead atoms. The van der Waals surface area contributed by atoms with Gasteiger partial charge in [0.15, 0.2) is 0 Å². The van der Waals surface area contributed by atoms with Gasteiger partial charge in [-0.05, 0) is 31.5 Å². The van der Waals surface area contributed by atoms with E-state index in [-0.39, 0.29) is 6.04 Å². The van der Waals surface area contributed by atoms with Gasteiger partial charge in [-0.1, -0.05) is 18.2 Å². The summed E-state index contributed by atoms with van der Waals surface area (Å²) in [4.78, 5) is 4.02. The van der Waals surface area contributed by atoms with Crippen molar-refractivity contribution in [2.75, 3.05) is 0 Å². The standard InChI is InChI=1S/C16H20N6/c1-13(14(2)21-9-5-8-19-21)18-10-15-6-3-4-7-16(15)22-12-17-11-20-22/h3-9,11-14,18H,10H2,1-2H3. The molecule has 0 spiro atoms. The van der Waals surface area contributed by atoms with Gasteiger partial charge < -0.3 is 5.32 Å². The van der Waals surface area contributed by atoms with Crippen molar-refractivity contribution in [2.45, 2.75) is 32.5 Å². The highest BCUT2D eigenvalue weighted by molar-refractivity contribution is 5.39. The molecule has 0 aliphatic carbocycles. The van der Waals surface area contributed by atoms with E-state index in [1.165, 1.54) is 5.56 Å². The number of nitrogens with zero attached hydrogens (tertiary/aromatic N) is 5. The van der Waals surface area contributed by atoms with Gasteiger partial charge >= 0.3 is 0 Å². The molecule has 0 saturated carbocycles. The van der Waals surface area contributed by atoms with Crippen molar-refractivity contribution in [2.24, 2.45) is 0 Å². The van der Waals surface area contributed by atoms with Gasteiger partial charge in [-0.2, -0.15) is 10.2 Å². The van der Waals surface area contributed by atoms with Crippen LogP contribution in [0, 0.1) is 0 Å². The predicted octanol–water partition coefficient (Wildman–Crippen LogP) is 2.20. The average molecular weight is 296 g/mol. The maximum Gasteiger partial charge on any atom is 0.138 e. The molecule has 6 heteroatoms. The summed E-state index contributed by atoms with van der Waals surface area (Å²) >= 11 is 0. The van der Waals surface area contributed by atoms with Crippen molar-refractivity contribution in [1.82, 2.24) is 29.9 Å². The Morgan fingerprint density at radius 2 is 2.00 bits per heavy atom. The molecule has 0 saturated heterocycles. The highest BCUT2D eigenvalue weighted by Crippen LogP contribution is 2.15. The van der Waals surface area contributed by atoms with Crippen molar-refractivity contribution in [3.05, 3.63) is 60.9 Å². The van der Waals surface area contributed by atoms with E-state index in [4.69, 9.17) is 0 Å². The summed E-state index contributed by atoms with van der Waals surface area (Å²) in [6, 6.07) is 10.7. The molecule has 2 aromatic heterocycles. The maximum absolute atomic E-state index is 4.30. The summed E-state index contributed by atoms with van der Waals surface area (Å²) in [5, 5.41) is 12.1. The van der Waals surface area contributed by atoms with E-state index >= 15 is 0 Å². The van der Waals surface area contributed by atoms with Crippen molar-refractivity contribution in [3.8, 4) is 5.69 Å². The van der Waals surface area contributed by atoms with Crippen LogP contribution in [0.25, 0.3) is 5.69 Å². The molecule has 1 aromatic carbocycles. The van der Waals surface area contributed by atoms with Crippen LogP contribution in [0.5, 0.6) is 0 Å². The highest BCUT2D eigenvalue weighted by atomic mass is 15.3. The summed E-state index contributed by atoms with van der Waals surface area (Å²) in [5.41, 5.74) is 2.24. The molecule has 1 N–H and O–H groups in total. The minimum Gasteiger partial charge on any atom is -0.308 e. The lowest BCUT2D eigenvalue weighted by atomic mass is 10.1. The molecule has 0 radical (unpaired) electrons. The molecule has 3 rings (SSSR count). The molecular formula is C16H20N6.